The van der Waals surface area contributed by atoms with E-state index in [9.17, 15) is 14.4 Å². The van der Waals surface area contributed by atoms with Crippen molar-refractivity contribution in [1.29, 1.82) is 0 Å². The molecule has 3 aromatic rings. The van der Waals surface area contributed by atoms with E-state index in [-0.39, 0.29) is 30.8 Å². The fourth-order valence-corrected chi connectivity index (χ4v) is 4.89. The van der Waals surface area contributed by atoms with Gasteiger partial charge < -0.3 is 15.2 Å². The van der Waals surface area contributed by atoms with Gasteiger partial charge in [0, 0.05) is 36.7 Å². The molecule has 1 aliphatic carbocycles. The Morgan fingerprint density at radius 2 is 1.86 bits per heavy atom. The van der Waals surface area contributed by atoms with Crippen molar-refractivity contribution < 1.29 is 14.4 Å². The average Bonchev–Trinajstić information content (AvgIpc) is 3.19. The lowest BCUT2D eigenvalue weighted by Crippen LogP contribution is -2.41. The van der Waals surface area contributed by atoms with Crippen LogP contribution in [0.1, 0.15) is 71.7 Å². The zero-order valence-electron chi connectivity index (χ0n) is 20.4. The van der Waals surface area contributed by atoms with E-state index in [1.165, 1.54) is 6.42 Å². The fourth-order valence-electron chi connectivity index (χ4n) is 4.89. The summed E-state index contributed by atoms with van der Waals surface area (Å²) in [6.07, 6.45) is 5.72. The molecule has 1 saturated carbocycles. The molecule has 0 saturated heterocycles. The number of rotatable bonds is 8. The molecule has 3 amide bonds. The number of aryl methyl sites for hydroxylation is 2. The molecule has 0 spiro atoms. The molecule has 1 aromatic heterocycles. The average molecular weight is 476 g/mol. The molecule has 4 rings (SSSR count). The van der Waals surface area contributed by atoms with Crippen molar-refractivity contribution in [2.24, 2.45) is 5.73 Å². The summed E-state index contributed by atoms with van der Waals surface area (Å²) in [4.78, 5) is 44.3. The highest BCUT2D eigenvalue weighted by Crippen LogP contribution is 2.26. The van der Waals surface area contributed by atoms with E-state index >= 15 is 0 Å². The van der Waals surface area contributed by atoms with E-state index in [2.05, 4.69) is 10.3 Å². The molecule has 35 heavy (non-hydrogen) atoms. The lowest BCUT2D eigenvalue weighted by atomic mass is 9.93. The molecule has 0 atom stereocenters. The van der Waals surface area contributed by atoms with Crippen molar-refractivity contribution in [3.8, 4) is 0 Å². The lowest BCUT2D eigenvalue weighted by molar-refractivity contribution is -0.118. The highest BCUT2D eigenvalue weighted by atomic mass is 16.2. The SMILES string of the molecule is CCN(C(=O)c1ccc2c(c1)nc(NC(=O)c1cccc(C)c1)n2CCC(N)=O)C1CCCCC1. The highest BCUT2D eigenvalue weighted by molar-refractivity contribution is 6.04. The van der Waals surface area contributed by atoms with E-state index in [1.807, 2.05) is 36.9 Å². The van der Waals surface area contributed by atoms with E-state index in [0.717, 1.165) is 36.8 Å². The Morgan fingerprint density at radius 1 is 1.09 bits per heavy atom. The number of hydrogen-bond acceptors (Lipinski definition) is 4. The third kappa shape index (κ3) is 5.53. The fraction of sp³-hybridized carbons (Fsp3) is 0.407. The number of nitrogens with zero attached hydrogens (tertiary/aromatic N) is 3. The number of aromatic nitrogens is 2. The smallest absolute Gasteiger partial charge is 0.257 e. The van der Waals surface area contributed by atoms with Crippen LogP contribution < -0.4 is 11.1 Å². The van der Waals surface area contributed by atoms with Crippen LogP contribution >= 0.6 is 0 Å². The summed E-state index contributed by atoms with van der Waals surface area (Å²) < 4.78 is 1.76. The second-order valence-corrected chi connectivity index (χ2v) is 9.21. The Morgan fingerprint density at radius 3 is 2.54 bits per heavy atom. The van der Waals surface area contributed by atoms with Crippen molar-refractivity contribution in [1.82, 2.24) is 14.5 Å². The number of nitrogens with one attached hydrogen (secondary N) is 1. The molecular formula is C27H33N5O3. The summed E-state index contributed by atoms with van der Waals surface area (Å²) in [7, 11) is 0. The molecule has 8 heteroatoms. The number of fused-ring (bicyclic) bond motifs is 1. The van der Waals surface area contributed by atoms with Crippen LogP contribution in [0.2, 0.25) is 0 Å². The van der Waals surface area contributed by atoms with Crippen LogP contribution in [0.5, 0.6) is 0 Å². The molecule has 2 aromatic carbocycles. The van der Waals surface area contributed by atoms with Gasteiger partial charge in [0.1, 0.15) is 0 Å². The summed E-state index contributed by atoms with van der Waals surface area (Å²) in [5.41, 5.74) is 8.75. The van der Waals surface area contributed by atoms with Crippen LogP contribution in [0.3, 0.4) is 0 Å². The molecule has 1 fully saturated rings. The number of imidazole rings is 1. The highest BCUT2D eigenvalue weighted by Gasteiger charge is 2.26. The second-order valence-electron chi connectivity index (χ2n) is 9.21. The Labute approximate surface area is 205 Å². The normalized spacial score (nSPS) is 14.1. The molecule has 0 bridgehead atoms. The first-order chi connectivity index (χ1) is 16.9. The molecule has 8 nitrogen and oxygen atoms in total. The Bertz CT molecular complexity index is 1240. The minimum atomic E-state index is -0.444. The first kappa shape index (κ1) is 24.4. The standard InChI is InChI=1S/C27H33N5O3/c1-3-31(21-10-5-4-6-11-21)26(35)20-12-13-23-22(17-20)29-27(32(23)15-14-24(28)33)30-25(34)19-9-7-8-18(2)16-19/h7-9,12-13,16-17,21H,3-6,10-11,14-15H2,1-2H3,(H2,28,33)(H,29,30,34). The number of amides is 3. The molecule has 184 valence electrons. The molecular weight excluding hydrogens is 442 g/mol. The van der Waals surface area contributed by atoms with Gasteiger partial charge in [-0.1, -0.05) is 37.0 Å². The summed E-state index contributed by atoms with van der Waals surface area (Å²) in [5, 5.41) is 2.87. The monoisotopic (exact) mass is 475 g/mol. The van der Waals surface area contributed by atoms with Crippen LogP contribution in [0.25, 0.3) is 11.0 Å². The maximum Gasteiger partial charge on any atom is 0.257 e. The predicted molar refractivity (Wildman–Crippen MR) is 136 cm³/mol. The molecule has 1 heterocycles. The zero-order valence-corrected chi connectivity index (χ0v) is 20.4. The summed E-state index contributed by atoms with van der Waals surface area (Å²) in [6.45, 7) is 4.87. The minimum absolute atomic E-state index is 0.00154. The largest absolute Gasteiger partial charge is 0.370 e. The van der Waals surface area contributed by atoms with E-state index in [4.69, 9.17) is 5.73 Å². The number of carbonyl (C=O) groups excluding carboxylic acids is 3. The van der Waals surface area contributed by atoms with Crippen LogP contribution in [0, 0.1) is 6.92 Å². The molecule has 0 aliphatic heterocycles. The Balaban J connectivity index is 1.66. The van der Waals surface area contributed by atoms with Gasteiger partial charge in [-0.2, -0.15) is 0 Å². The Hall–Kier alpha value is -3.68. The zero-order chi connectivity index (χ0) is 24.9. The van der Waals surface area contributed by atoms with Crippen LogP contribution in [0.15, 0.2) is 42.5 Å². The minimum Gasteiger partial charge on any atom is -0.370 e. The Kier molecular flexibility index (Phi) is 7.48. The van der Waals surface area contributed by atoms with Gasteiger partial charge in [-0.25, -0.2) is 4.98 Å². The van der Waals surface area contributed by atoms with Gasteiger partial charge in [0.05, 0.1) is 11.0 Å². The van der Waals surface area contributed by atoms with Crippen molar-refractivity contribution in [3.63, 3.8) is 0 Å². The van der Waals surface area contributed by atoms with Gasteiger partial charge in [-0.05, 0) is 57.0 Å². The molecule has 3 N–H and O–H groups in total. The molecule has 0 radical (unpaired) electrons. The van der Waals surface area contributed by atoms with Gasteiger partial charge >= 0.3 is 0 Å². The molecule has 1 aliphatic rings. The van der Waals surface area contributed by atoms with Crippen LogP contribution in [-0.4, -0.2) is 44.8 Å². The van der Waals surface area contributed by atoms with Crippen LogP contribution in [0.4, 0.5) is 5.95 Å². The number of hydrogen-bond donors (Lipinski definition) is 2. The first-order valence-electron chi connectivity index (χ1n) is 12.3. The van der Waals surface area contributed by atoms with E-state index in [0.29, 0.717) is 29.1 Å². The number of primary amides is 1. The summed E-state index contributed by atoms with van der Waals surface area (Å²) in [5.74, 6) is -0.425. The van der Waals surface area contributed by atoms with E-state index in [1.54, 1.807) is 28.8 Å². The topological polar surface area (TPSA) is 110 Å². The van der Waals surface area contributed by atoms with Gasteiger partial charge in [0.15, 0.2) is 0 Å². The van der Waals surface area contributed by atoms with E-state index < -0.39 is 5.91 Å². The van der Waals surface area contributed by atoms with Crippen molar-refractivity contribution in [2.45, 2.75) is 65.0 Å². The third-order valence-electron chi connectivity index (χ3n) is 6.70. The number of carbonyl (C=O) groups is 3. The van der Waals surface area contributed by atoms with Gasteiger partial charge in [0.2, 0.25) is 11.9 Å². The lowest BCUT2D eigenvalue weighted by Gasteiger charge is -2.33. The van der Waals surface area contributed by atoms with Crippen molar-refractivity contribution >= 4 is 34.7 Å². The number of anilines is 1. The quantitative estimate of drug-likeness (QED) is 0.507. The van der Waals surface area contributed by atoms with Crippen molar-refractivity contribution in [2.75, 3.05) is 11.9 Å². The second kappa shape index (κ2) is 10.7. The third-order valence-corrected chi connectivity index (χ3v) is 6.70. The predicted octanol–water partition coefficient (Wildman–Crippen LogP) is 4.27. The summed E-state index contributed by atoms with van der Waals surface area (Å²) >= 11 is 0. The number of nitrogens with two attached hydrogens (primary N) is 1. The maximum absolute atomic E-state index is 13.4. The summed E-state index contributed by atoms with van der Waals surface area (Å²) in [6, 6.07) is 12.9. The number of benzene rings is 2. The van der Waals surface area contributed by atoms with Crippen molar-refractivity contribution in [3.05, 3.63) is 59.2 Å². The maximum atomic E-state index is 13.4. The van der Waals surface area contributed by atoms with Gasteiger partial charge in [-0.15, -0.1) is 0 Å². The van der Waals surface area contributed by atoms with Gasteiger partial charge in [0.25, 0.3) is 11.8 Å². The molecule has 0 unspecified atom stereocenters. The van der Waals surface area contributed by atoms with Crippen LogP contribution in [-0.2, 0) is 11.3 Å². The van der Waals surface area contributed by atoms with Gasteiger partial charge in [-0.3, -0.25) is 19.7 Å². The first-order valence-corrected chi connectivity index (χ1v) is 12.3.